The number of aryl methyl sites for hydroxylation is 1. The van der Waals surface area contributed by atoms with Gasteiger partial charge in [0.05, 0.1) is 47.5 Å². The molecule has 1 aliphatic heterocycles. The van der Waals surface area contributed by atoms with Crippen LogP contribution >= 0.6 is 23.2 Å². The van der Waals surface area contributed by atoms with Crippen LogP contribution in [0.25, 0.3) is 28.2 Å². The average Bonchev–Trinajstić information content (AvgIpc) is 3.55. The van der Waals surface area contributed by atoms with E-state index in [-0.39, 0.29) is 28.6 Å². The van der Waals surface area contributed by atoms with Crippen LogP contribution in [0.1, 0.15) is 37.8 Å². The number of amides is 1. The predicted octanol–water partition coefficient (Wildman–Crippen LogP) is 5.55. The van der Waals surface area contributed by atoms with Crippen molar-refractivity contribution in [1.82, 2.24) is 34.3 Å². The summed E-state index contributed by atoms with van der Waals surface area (Å²) >= 11 is 12.3. The quantitative estimate of drug-likeness (QED) is 0.296. The fourth-order valence-electron chi connectivity index (χ4n) is 5.30. The number of rotatable bonds is 3. The van der Waals surface area contributed by atoms with Crippen molar-refractivity contribution >= 4 is 34.8 Å². The number of anilines is 1. The molecule has 4 heterocycles. The molecule has 0 saturated heterocycles. The minimum atomic E-state index is -0.289. The fourth-order valence-corrected chi connectivity index (χ4v) is 5.60. The zero-order valence-electron chi connectivity index (χ0n) is 22.3. The smallest absolute Gasteiger partial charge is 0.254 e. The average molecular weight is 589 g/mol. The maximum Gasteiger partial charge on any atom is 0.254 e. The molecule has 0 fully saturated rings. The molecular formula is C29H26Cl2N8O2. The van der Waals surface area contributed by atoms with Gasteiger partial charge in [0.25, 0.3) is 5.56 Å². The van der Waals surface area contributed by atoms with Gasteiger partial charge in [-0.1, -0.05) is 60.0 Å². The first-order chi connectivity index (χ1) is 19.8. The molecule has 10 nitrogen and oxygen atoms in total. The molecule has 3 aromatic heterocycles. The van der Waals surface area contributed by atoms with Gasteiger partial charge in [-0.3, -0.25) is 18.8 Å². The van der Waals surface area contributed by atoms with E-state index < -0.39 is 0 Å². The lowest BCUT2D eigenvalue weighted by molar-refractivity contribution is -0.119. The van der Waals surface area contributed by atoms with Crippen LogP contribution in [0.15, 0.2) is 72.0 Å². The molecule has 2 bridgehead atoms. The third kappa shape index (κ3) is 5.28. The Morgan fingerprint density at radius 2 is 1.90 bits per heavy atom. The predicted molar refractivity (Wildman–Crippen MR) is 157 cm³/mol. The Labute approximate surface area is 245 Å². The number of hydrogen-bond donors (Lipinski definition) is 1. The van der Waals surface area contributed by atoms with Gasteiger partial charge in [0.1, 0.15) is 0 Å². The van der Waals surface area contributed by atoms with E-state index >= 15 is 0 Å². The first-order valence-electron chi connectivity index (χ1n) is 13.2. The van der Waals surface area contributed by atoms with Gasteiger partial charge in [-0.2, -0.15) is 5.10 Å². The summed E-state index contributed by atoms with van der Waals surface area (Å²) in [6.45, 7) is 1.92. The minimum Gasteiger partial charge on any atom is -0.323 e. The SMILES string of the molecule is CC1CCC[C@H](n2cnc(-c3cc(Cl)ccc3-n3cc(Cl)nn3)cc2=O)c2cccc(c2)-c2c(cnn2C)NC1=O. The van der Waals surface area contributed by atoms with Crippen molar-refractivity contribution in [2.24, 2.45) is 13.0 Å². The van der Waals surface area contributed by atoms with Gasteiger partial charge in [0.2, 0.25) is 5.91 Å². The first kappa shape index (κ1) is 26.9. The second-order valence-corrected chi connectivity index (χ2v) is 11.0. The number of carbonyl (C=O) groups is 1. The Morgan fingerprint density at radius 3 is 2.68 bits per heavy atom. The monoisotopic (exact) mass is 588 g/mol. The molecule has 12 heteroatoms. The molecule has 2 aromatic carbocycles. The van der Waals surface area contributed by atoms with Crippen LogP contribution in [0.4, 0.5) is 5.69 Å². The molecule has 0 aliphatic carbocycles. The summed E-state index contributed by atoms with van der Waals surface area (Å²) < 4.78 is 4.91. The van der Waals surface area contributed by atoms with E-state index in [1.165, 1.54) is 10.7 Å². The Morgan fingerprint density at radius 1 is 1.05 bits per heavy atom. The molecule has 1 amide bonds. The molecule has 5 aromatic rings. The highest BCUT2D eigenvalue weighted by molar-refractivity contribution is 6.31. The van der Waals surface area contributed by atoms with Crippen molar-refractivity contribution < 1.29 is 4.79 Å². The molecule has 0 spiro atoms. The summed E-state index contributed by atoms with van der Waals surface area (Å²) in [4.78, 5) is 31.3. The second-order valence-electron chi connectivity index (χ2n) is 10.2. The van der Waals surface area contributed by atoms with Crippen LogP contribution in [0.5, 0.6) is 0 Å². The number of hydrogen-bond acceptors (Lipinski definition) is 6. The van der Waals surface area contributed by atoms with Crippen molar-refractivity contribution in [2.75, 3.05) is 5.32 Å². The van der Waals surface area contributed by atoms with E-state index in [0.717, 1.165) is 23.2 Å². The minimum absolute atomic E-state index is 0.0540. The van der Waals surface area contributed by atoms with Crippen LogP contribution < -0.4 is 10.9 Å². The molecular weight excluding hydrogens is 563 g/mol. The van der Waals surface area contributed by atoms with E-state index in [1.807, 2.05) is 38.2 Å². The van der Waals surface area contributed by atoms with Crippen LogP contribution in [0.3, 0.4) is 0 Å². The number of halogens is 2. The van der Waals surface area contributed by atoms with Gasteiger partial charge in [-0.05, 0) is 42.7 Å². The number of aromatic nitrogens is 7. The van der Waals surface area contributed by atoms with Gasteiger partial charge in [-0.25, -0.2) is 9.67 Å². The molecule has 1 aliphatic rings. The van der Waals surface area contributed by atoms with Crippen LogP contribution in [0, 0.1) is 5.92 Å². The van der Waals surface area contributed by atoms with Crippen molar-refractivity contribution in [1.29, 1.82) is 0 Å². The zero-order chi connectivity index (χ0) is 28.7. The Balaban J connectivity index is 1.44. The third-order valence-electron chi connectivity index (χ3n) is 7.42. The Bertz CT molecular complexity index is 1830. The summed E-state index contributed by atoms with van der Waals surface area (Å²) in [7, 11) is 1.84. The number of nitrogens with one attached hydrogen (secondary N) is 1. The Kier molecular flexibility index (Phi) is 7.19. The van der Waals surface area contributed by atoms with Gasteiger partial charge in [0.15, 0.2) is 5.15 Å². The highest BCUT2D eigenvalue weighted by atomic mass is 35.5. The number of benzene rings is 2. The second kappa shape index (κ2) is 10.9. The molecule has 1 N–H and O–H groups in total. The molecule has 208 valence electrons. The number of nitrogens with zero attached hydrogens (tertiary/aromatic N) is 7. The summed E-state index contributed by atoms with van der Waals surface area (Å²) in [5.74, 6) is -0.257. The van der Waals surface area contributed by atoms with E-state index in [4.69, 9.17) is 23.2 Å². The molecule has 2 atom stereocenters. The van der Waals surface area contributed by atoms with Gasteiger partial charge in [-0.15, -0.1) is 5.10 Å². The van der Waals surface area contributed by atoms with Crippen molar-refractivity contribution in [3.8, 4) is 28.2 Å². The van der Waals surface area contributed by atoms with E-state index in [9.17, 15) is 9.59 Å². The zero-order valence-corrected chi connectivity index (χ0v) is 23.8. The normalized spacial score (nSPS) is 17.3. The summed E-state index contributed by atoms with van der Waals surface area (Å²) in [6, 6.07) is 14.4. The largest absolute Gasteiger partial charge is 0.323 e. The first-order valence-corrected chi connectivity index (χ1v) is 13.9. The summed E-state index contributed by atoms with van der Waals surface area (Å²) in [5.41, 5.74) is 4.80. The lowest BCUT2D eigenvalue weighted by Crippen LogP contribution is -2.26. The number of carbonyl (C=O) groups excluding carboxylic acids is 1. The van der Waals surface area contributed by atoms with E-state index in [2.05, 4.69) is 25.7 Å². The number of fused-ring (bicyclic) bond motifs is 4. The highest BCUT2D eigenvalue weighted by Gasteiger charge is 2.23. The van der Waals surface area contributed by atoms with Gasteiger partial charge < -0.3 is 5.32 Å². The van der Waals surface area contributed by atoms with Gasteiger partial charge in [0, 0.05) is 35.2 Å². The topological polar surface area (TPSA) is 113 Å². The lowest BCUT2D eigenvalue weighted by Gasteiger charge is -2.23. The third-order valence-corrected chi connectivity index (χ3v) is 7.83. The van der Waals surface area contributed by atoms with Crippen molar-refractivity contribution in [2.45, 2.75) is 32.2 Å². The fraction of sp³-hybridized carbons (Fsp3) is 0.241. The lowest BCUT2D eigenvalue weighted by atomic mass is 9.94. The maximum atomic E-state index is 13.7. The van der Waals surface area contributed by atoms with E-state index in [0.29, 0.717) is 40.5 Å². The summed E-state index contributed by atoms with van der Waals surface area (Å²) in [5, 5.41) is 16.1. The van der Waals surface area contributed by atoms with Crippen LogP contribution in [-0.2, 0) is 11.8 Å². The van der Waals surface area contributed by atoms with E-state index in [1.54, 1.807) is 46.2 Å². The standard InChI is InChI=1S/C29H26Cl2N8O2/c1-17-5-3-8-24(18-6-4-7-19(11-18)28-23(34-29(17)41)14-33-37(28)2)38-16-32-22(13-27(38)40)21-12-20(30)9-10-25(21)39-15-26(31)35-36-39/h4,6-7,9-17,24H,3,5,8H2,1-2H3,(H,34,41)/t17?,24-/m0/s1. The highest BCUT2D eigenvalue weighted by Crippen LogP contribution is 2.34. The maximum absolute atomic E-state index is 13.7. The summed E-state index contributed by atoms with van der Waals surface area (Å²) in [6.07, 6.45) is 6.88. The van der Waals surface area contributed by atoms with Gasteiger partial charge >= 0.3 is 0 Å². The van der Waals surface area contributed by atoms with Crippen molar-refractivity contribution in [3.05, 3.63) is 93.3 Å². The molecule has 6 rings (SSSR count). The van der Waals surface area contributed by atoms with Crippen LogP contribution in [-0.4, -0.2) is 40.2 Å². The molecule has 1 unspecified atom stereocenters. The molecule has 0 radical (unpaired) electrons. The van der Waals surface area contributed by atoms with Crippen molar-refractivity contribution in [3.63, 3.8) is 0 Å². The Hall–Kier alpha value is -4.28. The molecule has 41 heavy (non-hydrogen) atoms. The van der Waals surface area contributed by atoms with Crippen LogP contribution in [0.2, 0.25) is 10.2 Å². The molecule has 0 saturated carbocycles.